The van der Waals surface area contributed by atoms with Gasteiger partial charge in [-0.1, -0.05) is 18.2 Å². The van der Waals surface area contributed by atoms with Gasteiger partial charge in [0.25, 0.3) is 0 Å². The highest BCUT2D eigenvalue weighted by molar-refractivity contribution is 6.00. The number of methoxy groups -OCH3 is 1. The number of hydrogen-bond donors (Lipinski definition) is 0. The first kappa shape index (κ1) is 12.9. The van der Waals surface area contributed by atoms with Crippen molar-refractivity contribution >= 4 is 5.78 Å². The molecule has 0 radical (unpaired) electrons. The third kappa shape index (κ3) is 2.09. The summed E-state index contributed by atoms with van der Waals surface area (Å²) >= 11 is 0. The Morgan fingerprint density at radius 2 is 2.00 bits per heavy atom. The van der Waals surface area contributed by atoms with Crippen LogP contribution in [-0.4, -0.2) is 17.9 Å². The molecule has 0 unspecified atom stereocenters. The molecule has 0 bridgehead atoms. The molecule has 1 atom stereocenters. The van der Waals surface area contributed by atoms with Crippen LogP contribution in [-0.2, 0) is 6.42 Å². The van der Waals surface area contributed by atoms with Crippen molar-refractivity contribution in [3.05, 3.63) is 58.9 Å². The predicted molar refractivity (Wildman–Crippen MR) is 77.4 cm³/mol. The van der Waals surface area contributed by atoms with Crippen LogP contribution in [0.4, 0.5) is 0 Å². The summed E-state index contributed by atoms with van der Waals surface area (Å²) in [6, 6.07) is 9.82. The van der Waals surface area contributed by atoms with Crippen LogP contribution in [0.2, 0.25) is 0 Å². The smallest absolute Gasteiger partial charge is 0.165 e. The fraction of sp³-hybridized carbons (Fsp3) is 0.294. The lowest BCUT2D eigenvalue weighted by molar-refractivity contribution is 0.0962. The lowest BCUT2D eigenvalue weighted by Crippen LogP contribution is -2.21. The Labute approximate surface area is 118 Å². The zero-order valence-corrected chi connectivity index (χ0v) is 11.7. The molecule has 0 fully saturated rings. The van der Waals surface area contributed by atoms with Gasteiger partial charge in [0.05, 0.1) is 12.8 Å². The molecule has 0 saturated heterocycles. The number of carbonyl (C=O) groups is 1. The highest BCUT2D eigenvalue weighted by atomic mass is 16.5. The summed E-state index contributed by atoms with van der Waals surface area (Å²) in [7, 11) is 1.67. The molecule has 3 nitrogen and oxygen atoms in total. The number of aromatic nitrogens is 1. The number of fused-ring (bicyclic) bond motifs is 1. The largest absolute Gasteiger partial charge is 0.496 e. The molecule has 0 amide bonds. The standard InChI is InChI=1S/C17H17NO2/c1-11-7-8-18-14-9-12(10-15(19)17(11)14)13-5-3-4-6-16(13)20-2/h3-8,12H,9-10H2,1-2H3/t12-/m0/s1. The topological polar surface area (TPSA) is 39.2 Å². The molecule has 0 saturated carbocycles. The van der Waals surface area contributed by atoms with Gasteiger partial charge in [0.1, 0.15) is 5.75 Å². The van der Waals surface area contributed by atoms with E-state index >= 15 is 0 Å². The molecule has 2 aromatic rings. The van der Waals surface area contributed by atoms with E-state index in [1.165, 1.54) is 0 Å². The van der Waals surface area contributed by atoms with Crippen LogP contribution in [0.25, 0.3) is 0 Å². The molecule has 0 spiro atoms. The van der Waals surface area contributed by atoms with E-state index in [0.717, 1.165) is 34.6 Å². The van der Waals surface area contributed by atoms with Crippen LogP contribution in [0.3, 0.4) is 0 Å². The molecule has 102 valence electrons. The maximum Gasteiger partial charge on any atom is 0.165 e. The number of rotatable bonds is 2. The second-order valence-electron chi connectivity index (χ2n) is 5.22. The minimum absolute atomic E-state index is 0.153. The second kappa shape index (κ2) is 5.08. The van der Waals surface area contributed by atoms with Gasteiger partial charge in [-0.3, -0.25) is 9.78 Å². The molecule has 20 heavy (non-hydrogen) atoms. The highest BCUT2D eigenvalue weighted by Crippen LogP contribution is 2.36. The number of Topliss-reactive ketones (excluding diaryl/α,β-unsaturated/α-hetero) is 1. The normalized spacial score (nSPS) is 17.7. The second-order valence-corrected chi connectivity index (χ2v) is 5.22. The molecule has 1 aliphatic carbocycles. The first-order valence-corrected chi connectivity index (χ1v) is 6.81. The third-order valence-electron chi connectivity index (χ3n) is 3.97. The molecule has 0 N–H and O–H groups in total. The van der Waals surface area contributed by atoms with Crippen LogP contribution in [0.5, 0.6) is 5.75 Å². The molecule has 1 aromatic heterocycles. The Morgan fingerprint density at radius 3 is 2.80 bits per heavy atom. The molecule has 3 rings (SSSR count). The SMILES string of the molecule is COc1ccccc1[C@@H]1CC(=O)c2c(C)ccnc2C1. The number of hydrogen-bond acceptors (Lipinski definition) is 3. The minimum Gasteiger partial charge on any atom is -0.496 e. The van der Waals surface area contributed by atoms with Gasteiger partial charge in [-0.2, -0.15) is 0 Å². The quantitative estimate of drug-likeness (QED) is 0.838. The van der Waals surface area contributed by atoms with Crippen molar-refractivity contribution in [2.75, 3.05) is 7.11 Å². The van der Waals surface area contributed by atoms with Crippen LogP contribution in [0, 0.1) is 6.92 Å². The van der Waals surface area contributed by atoms with Gasteiger partial charge in [-0.05, 0) is 36.6 Å². The zero-order chi connectivity index (χ0) is 14.1. The fourth-order valence-corrected chi connectivity index (χ4v) is 3.01. The van der Waals surface area contributed by atoms with E-state index < -0.39 is 0 Å². The van der Waals surface area contributed by atoms with Crippen LogP contribution >= 0.6 is 0 Å². The van der Waals surface area contributed by atoms with Gasteiger partial charge in [0.2, 0.25) is 0 Å². The van der Waals surface area contributed by atoms with E-state index in [1.807, 2.05) is 37.3 Å². The van der Waals surface area contributed by atoms with Crippen LogP contribution in [0.1, 0.15) is 39.5 Å². The summed E-state index contributed by atoms with van der Waals surface area (Å²) < 4.78 is 5.41. The number of pyridine rings is 1. The lowest BCUT2D eigenvalue weighted by atomic mass is 9.80. The molecule has 0 aliphatic heterocycles. The molecule has 1 heterocycles. The maximum atomic E-state index is 12.4. The van der Waals surface area contributed by atoms with E-state index in [2.05, 4.69) is 4.98 Å². The van der Waals surface area contributed by atoms with Crippen molar-refractivity contribution in [2.24, 2.45) is 0 Å². The van der Waals surface area contributed by atoms with Gasteiger partial charge in [-0.15, -0.1) is 0 Å². The number of carbonyl (C=O) groups excluding carboxylic acids is 1. The van der Waals surface area contributed by atoms with E-state index in [4.69, 9.17) is 4.74 Å². The van der Waals surface area contributed by atoms with Crippen molar-refractivity contribution in [3.8, 4) is 5.75 Å². The molecular formula is C17H17NO2. The van der Waals surface area contributed by atoms with Gasteiger partial charge < -0.3 is 4.74 Å². The average molecular weight is 267 g/mol. The predicted octanol–water partition coefficient (Wildman–Crippen LogP) is 3.31. The number of benzene rings is 1. The van der Waals surface area contributed by atoms with Crippen LogP contribution < -0.4 is 4.74 Å². The number of nitrogens with zero attached hydrogens (tertiary/aromatic N) is 1. The molecule has 3 heteroatoms. The first-order chi connectivity index (χ1) is 9.70. The third-order valence-corrected chi connectivity index (χ3v) is 3.97. The van der Waals surface area contributed by atoms with Crippen LogP contribution in [0.15, 0.2) is 36.5 Å². The summed E-state index contributed by atoms with van der Waals surface area (Å²) in [4.78, 5) is 16.8. The Morgan fingerprint density at radius 1 is 1.20 bits per heavy atom. The van der Waals surface area contributed by atoms with Crippen molar-refractivity contribution < 1.29 is 9.53 Å². The summed E-state index contributed by atoms with van der Waals surface area (Å²) in [5.41, 5.74) is 3.85. The van der Waals surface area contributed by atoms with E-state index in [0.29, 0.717) is 6.42 Å². The van der Waals surface area contributed by atoms with Gasteiger partial charge in [0.15, 0.2) is 5.78 Å². The highest BCUT2D eigenvalue weighted by Gasteiger charge is 2.29. The lowest BCUT2D eigenvalue weighted by Gasteiger charge is -2.25. The van der Waals surface area contributed by atoms with Crippen molar-refractivity contribution in [2.45, 2.75) is 25.7 Å². The molecule has 1 aromatic carbocycles. The van der Waals surface area contributed by atoms with Crippen molar-refractivity contribution in [3.63, 3.8) is 0 Å². The average Bonchev–Trinajstić information content (AvgIpc) is 2.47. The number of aryl methyl sites for hydroxylation is 1. The Hall–Kier alpha value is -2.16. The Kier molecular flexibility index (Phi) is 3.26. The summed E-state index contributed by atoms with van der Waals surface area (Å²) in [5.74, 6) is 1.19. The molecule has 1 aliphatic rings. The fourth-order valence-electron chi connectivity index (χ4n) is 3.01. The van der Waals surface area contributed by atoms with Crippen molar-refractivity contribution in [1.82, 2.24) is 4.98 Å². The van der Waals surface area contributed by atoms with E-state index in [1.54, 1.807) is 13.3 Å². The summed E-state index contributed by atoms with van der Waals surface area (Å²) in [6.45, 7) is 1.97. The Balaban J connectivity index is 2.02. The van der Waals surface area contributed by atoms with E-state index in [-0.39, 0.29) is 11.7 Å². The molecular weight excluding hydrogens is 250 g/mol. The number of ether oxygens (including phenoxy) is 1. The van der Waals surface area contributed by atoms with Gasteiger partial charge >= 0.3 is 0 Å². The Bertz CT molecular complexity index is 664. The zero-order valence-electron chi connectivity index (χ0n) is 11.7. The van der Waals surface area contributed by atoms with Gasteiger partial charge in [-0.25, -0.2) is 0 Å². The van der Waals surface area contributed by atoms with Crippen molar-refractivity contribution in [1.29, 1.82) is 0 Å². The maximum absolute atomic E-state index is 12.4. The first-order valence-electron chi connectivity index (χ1n) is 6.81. The summed E-state index contributed by atoms with van der Waals surface area (Å²) in [6.07, 6.45) is 3.11. The summed E-state index contributed by atoms with van der Waals surface area (Å²) in [5, 5.41) is 0. The number of ketones is 1. The monoisotopic (exact) mass is 267 g/mol. The minimum atomic E-state index is 0.153. The van der Waals surface area contributed by atoms with E-state index in [9.17, 15) is 4.79 Å². The van der Waals surface area contributed by atoms with Gasteiger partial charge in [0, 0.05) is 24.1 Å². The number of para-hydroxylation sites is 1.